The fourth-order valence-corrected chi connectivity index (χ4v) is 2.50. The SMILES string of the molecule is O=S(=O)(Cc1cc(Cl)ccc1Br)C(F)F. The summed E-state index contributed by atoms with van der Waals surface area (Å²) < 4.78 is 46.5. The van der Waals surface area contributed by atoms with Gasteiger partial charge in [-0.15, -0.1) is 0 Å². The zero-order chi connectivity index (χ0) is 11.6. The molecule has 0 fully saturated rings. The van der Waals surface area contributed by atoms with Crippen LogP contribution in [0.5, 0.6) is 0 Å². The van der Waals surface area contributed by atoms with E-state index in [0.717, 1.165) is 0 Å². The fraction of sp³-hybridized carbons (Fsp3) is 0.250. The molecule has 0 aliphatic rings. The molecule has 0 aromatic heterocycles. The molecule has 0 spiro atoms. The molecule has 0 atom stereocenters. The second-order valence-electron chi connectivity index (χ2n) is 2.80. The van der Waals surface area contributed by atoms with Crippen molar-refractivity contribution in [2.75, 3.05) is 0 Å². The molecule has 0 amide bonds. The summed E-state index contributed by atoms with van der Waals surface area (Å²) in [6, 6.07) is 4.38. The quantitative estimate of drug-likeness (QED) is 0.857. The number of sulfone groups is 1. The molecule has 7 heteroatoms. The Morgan fingerprint density at radius 2 is 2.00 bits per heavy atom. The van der Waals surface area contributed by atoms with Crippen LogP contribution in [-0.4, -0.2) is 14.2 Å². The van der Waals surface area contributed by atoms with Crippen molar-refractivity contribution in [2.45, 2.75) is 11.5 Å². The van der Waals surface area contributed by atoms with Crippen LogP contribution >= 0.6 is 27.5 Å². The van der Waals surface area contributed by atoms with E-state index in [0.29, 0.717) is 9.50 Å². The Kier molecular flexibility index (Phi) is 4.08. The van der Waals surface area contributed by atoms with Crippen molar-refractivity contribution in [1.82, 2.24) is 0 Å². The molecular weight excluding hydrogens is 314 g/mol. The van der Waals surface area contributed by atoms with Crippen molar-refractivity contribution in [3.05, 3.63) is 33.3 Å². The summed E-state index contributed by atoms with van der Waals surface area (Å²) in [5.41, 5.74) is 0.225. The monoisotopic (exact) mass is 318 g/mol. The maximum atomic E-state index is 12.1. The smallest absolute Gasteiger partial charge is 0.223 e. The van der Waals surface area contributed by atoms with Crippen molar-refractivity contribution in [3.63, 3.8) is 0 Å². The van der Waals surface area contributed by atoms with E-state index in [4.69, 9.17) is 11.6 Å². The molecule has 0 aliphatic carbocycles. The molecule has 0 radical (unpaired) electrons. The van der Waals surface area contributed by atoms with Crippen LogP contribution in [0.1, 0.15) is 5.56 Å². The second-order valence-corrected chi connectivity index (χ2v) is 6.07. The zero-order valence-electron chi connectivity index (χ0n) is 7.25. The van der Waals surface area contributed by atoms with Crippen molar-refractivity contribution in [2.24, 2.45) is 0 Å². The van der Waals surface area contributed by atoms with E-state index >= 15 is 0 Å². The normalized spacial score (nSPS) is 12.1. The number of rotatable bonds is 3. The average molecular weight is 320 g/mol. The van der Waals surface area contributed by atoms with Gasteiger partial charge in [0.25, 0.3) is 0 Å². The van der Waals surface area contributed by atoms with Gasteiger partial charge in [0, 0.05) is 9.50 Å². The first-order valence-electron chi connectivity index (χ1n) is 3.76. The highest BCUT2D eigenvalue weighted by Crippen LogP contribution is 2.24. The second kappa shape index (κ2) is 4.76. The molecular formula is C8H6BrClF2O2S. The van der Waals surface area contributed by atoms with Crippen molar-refractivity contribution in [1.29, 1.82) is 0 Å². The standard InChI is InChI=1S/C8H6BrClF2O2S/c9-7-2-1-6(10)3-5(7)4-15(13,14)8(11)12/h1-3,8H,4H2. The van der Waals surface area contributed by atoms with E-state index in [1.54, 1.807) is 0 Å². The number of alkyl halides is 2. The first kappa shape index (κ1) is 12.9. The molecule has 1 aromatic rings. The minimum absolute atomic E-state index is 0.225. The minimum atomic E-state index is -4.41. The third-order valence-corrected chi connectivity index (χ3v) is 3.90. The predicted octanol–water partition coefficient (Wildman–Crippen LogP) is 3.24. The van der Waals surface area contributed by atoms with Gasteiger partial charge in [0.05, 0.1) is 5.75 Å². The van der Waals surface area contributed by atoms with Gasteiger partial charge in [0.1, 0.15) is 0 Å². The van der Waals surface area contributed by atoms with Crippen molar-refractivity contribution >= 4 is 37.4 Å². The highest BCUT2D eigenvalue weighted by atomic mass is 79.9. The molecule has 0 aliphatic heterocycles. The number of hydrogen-bond donors (Lipinski definition) is 0. The first-order valence-corrected chi connectivity index (χ1v) is 6.65. The van der Waals surface area contributed by atoms with Gasteiger partial charge in [-0.1, -0.05) is 27.5 Å². The topological polar surface area (TPSA) is 34.1 Å². The Morgan fingerprint density at radius 1 is 1.40 bits per heavy atom. The summed E-state index contributed by atoms with van der Waals surface area (Å²) >= 11 is 8.69. The summed E-state index contributed by atoms with van der Waals surface area (Å²) in [4.78, 5) is 0. The number of benzene rings is 1. The van der Waals surface area contributed by atoms with E-state index < -0.39 is 21.3 Å². The Balaban J connectivity index is 3.05. The molecule has 0 N–H and O–H groups in total. The Labute approximate surface area is 99.3 Å². The Hall–Kier alpha value is -0.200. The summed E-state index contributed by atoms with van der Waals surface area (Å²) in [6.45, 7) is 0. The Bertz CT molecular complexity index is 462. The van der Waals surface area contributed by atoms with Gasteiger partial charge in [0.15, 0.2) is 0 Å². The van der Waals surface area contributed by atoms with Crippen LogP contribution in [0, 0.1) is 0 Å². The van der Waals surface area contributed by atoms with Crippen molar-refractivity contribution < 1.29 is 17.2 Å². The van der Waals surface area contributed by atoms with E-state index in [1.807, 2.05) is 0 Å². The number of halogens is 4. The first-order chi connectivity index (χ1) is 6.83. The van der Waals surface area contributed by atoms with Crippen LogP contribution < -0.4 is 0 Å². The summed E-state index contributed by atoms with van der Waals surface area (Å²) in [5, 5.41) is 0.303. The maximum absolute atomic E-state index is 12.1. The third kappa shape index (κ3) is 3.39. The van der Waals surface area contributed by atoms with Crippen LogP contribution in [0.4, 0.5) is 8.78 Å². The largest absolute Gasteiger partial charge is 0.337 e. The van der Waals surface area contributed by atoms with Crippen LogP contribution in [0.15, 0.2) is 22.7 Å². The molecule has 1 rings (SSSR count). The van der Waals surface area contributed by atoms with E-state index in [-0.39, 0.29) is 5.56 Å². The predicted molar refractivity (Wildman–Crippen MR) is 57.8 cm³/mol. The van der Waals surface area contributed by atoms with E-state index in [1.165, 1.54) is 18.2 Å². The third-order valence-electron chi connectivity index (χ3n) is 1.64. The molecule has 15 heavy (non-hydrogen) atoms. The zero-order valence-corrected chi connectivity index (χ0v) is 10.4. The maximum Gasteiger partial charge on any atom is 0.337 e. The number of hydrogen-bond acceptors (Lipinski definition) is 2. The molecule has 1 aromatic carbocycles. The lowest BCUT2D eigenvalue weighted by molar-refractivity contribution is 0.234. The molecule has 0 unspecified atom stereocenters. The highest BCUT2D eigenvalue weighted by molar-refractivity contribution is 9.10. The van der Waals surface area contributed by atoms with Gasteiger partial charge >= 0.3 is 5.76 Å². The highest BCUT2D eigenvalue weighted by Gasteiger charge is 2.25. The summed E-state index contributed by atoms with van der Waals surface area (Å²) in [5.74, 6) is -4.10. The molecule has 0 saturated carbocycles. The summed E-state index contributed by atoms with van der Waals surface area (Å²) in [6.07, 6.45) is 0. The van der Waals surface area contributed by atoms with Crippen LogP contribution in [0.2, 0.25) is 5.02 Å². The lowest BCUT2D eigenvalue weighted by Crippen LogP contribution is -2.13. The lowest BCUT2D eigenvalue weighted by atomic mass is 10.2. The molecule has 0 heterocycles. The van der Waals surface area contributed by atoms with Gasteiger partial charge in [-0.2, -0.15) is 8.78 Å². The van der Waals surface area contributed by atoms with E-state index in [9.17, 15) is 17.2 Å². The molecule has 0 bridgehead atoms. The van der Waals surface area contributed by atoms with Gasteiger partial charge in [-0.05, 0) is 23.8 Å². The molecule has 0 saturated heterocycles. The lowest BCUT2D eigenvalue weighted by Gasteiger charge is -2.05. The molecule has 2 nitrogen and oxygen atoms in total. The van der Waals surface area contributed by atoms with Crippen LogP contribution in [0.3, 0.4) is 0 Å². The van der Waals surface area contributed by atoms with Gasteiger partial charge in [0.2, 0.25) is 9.84 Å². The Morgan fingerprint density at radius 3 is 2.53 bits per heavy atom. The van der Waals surface area contributed by atoms with Crippen LogP contribution in [0.25, 0.3) is 0 Å². The van der Waals surface area contributed by atoms with E-state index in [2.05, 4.69) is 15.9 Å². The van der Waals surface area contributed by atoms with Gasteiger partial charge < -0.3 is 0 Å². The minimum Gasteiger partial charge on any atom is -0.223 e. The fourth-order valence-electron chi connectivity index (χ4n) is 0.934. The van der Waals surface area contributed by atoms with Gasteiger partial charge in [-0.25, -0.2) is 8.42 Å². The van der Waals surface area contributed by atoms with Crippen LogP contribution in [-0.2, 0) is 15.6 Å². The molecule has 84 valence electrons. The van der Waals surface area contributed by atoms with Crippen molar-refractivity contribution in [3.8, 4) is 0 Å². The summed E-state index contributed by atoms with van der Waals surface area (Å²) in [7, 11) is -4.41. The van der Waals surface area contributed by atoms with Gasteiger partial charge in [-0.3, -0.25) is 0 Å². The average Bonchev–Trinajstić information content (AvgIpc) is 2.10.